The van der Waals surface area contributed by atoms with E-state index in [2.05, 4.69) is 33.0 Å². The van der Waals surface area contributed by atoms with Crippen LogP contribution in [0.1, 0.15) is 52.0 Å². The number of benzene rings is 1. The molecule has 24 heavy (non-hydrogen) atoms. The molecule has 0 heterocycles. The monoisotopic (exact) mass is 354 g/mol. The highest BCUT2D eigenvalue weighted by Gasteiger charge is 2.18. The van der Waals surface area contributed by atoms with E-state index in [1.54, 1.807) is 0 Å². The third-order valence-electron chi connectivity index (χ3n) is 3.87. The predicted molar refractivity (Wildman–Crippen MR) is 99.6 cm³/mol. The quantitative estimate of drug-likeness (QED) is 0.738. The molecule has 0 fully saturated rings. The van der Waals surface area contributed by atoms with E-state index in [0.29, 0.717) is 18.4 Å². The molecule has 0 bridgehead atoms. The van der Waals surface area contributed by atoms with Crippen LogP contribution in [0.15, 0.2) is 24.3 Å². The van der Waals surface area contributed by atoms with Crippen LogP contribution in [0.3, 0.4) is 0 Å². The maximum Gasteiger partial charge on any atom is 0.225 e. The molecule has 6 heteroatoms. The predicted octanol–water partition coefficient (Wildman–Crippen LogP) is 3.45. The van der Waals surface area contributed by atoms with Gasteiger partial charge in [-0.25, -0.2) is 12.7 Å². The molecular weight excluding hydrogens is 324 g/mol. The molecule has 0 radical (unpaired) electrons. The summed E-state index contributed by atoms with van der Waals surface area (Å²) in [4.78, 5) is 12.2. The van der Waals surface area contributed by atoms with Crippen LogP contribution in [0.4, 0.5) is 5.69 Å². The summed E-state index contributed by atoms with van der Waals surface area (Å²) >= 11 is 0. The van der Waals surface area contributed by atoms with Crippen molar-refractivity contribution in [1.82, 2.24) is 4.31 Å². The second-order valence-corrected chi connectivity index (χ2v) is 8.87. The molecule has 0 aromatic heterocycles. The number of nitrogens with zero attached hydrogens (tertiary/aromatic N) is 1. The van der Waals surface area contributed by atoms with Crippen LogP contribution >= 0.6 is 0 Å². The molecule has 136 valence electrons. The summed E-state index contributed by atoms with van der Waals surface area (Å²) in [6.07, 6.45) is 2.13. The zero-order valence-electron chi connectivity index (χ0n) is 15.4. The zero-order valence-corrected chi connectivity index (χ0v) is 16.2. The van der Waals surface area contributed by atoms with Gasteiger partial charge in [-0.1, -0.05) is 45.9 Å². The molecule has 0 atom stereocenters. The first-order valence-corrected chi connectivity index (χ1v) is 10.3. The smallest absolute Gasteiger partial charge is 0.225 e. The summed E-state index contributed by atoms with van der Waals surface area (Å²) in [5, 5.41) is 2.90. The number of nitrogens with one attached hydrogen (secondary N) is 1. The Morgan fingerprint density at radius 3 is 2.29 bits per heavy atom. The third-order valence-corrected chi connectivity index (χ3v) is 5.17. The summed E-state index contributed by atoms with van der Waals surface area (Å²) < 4.78 is 25.1. The number of rotatable bonds is 9. The molecule has 0 saturated heterocycles. The van der Waals surface area contributed by atoms with Crippen molar-refractivity contribution in [2.45, 2.75) is 46.5 Å². The SMILES string of the molecule is CC(C)CCN(CCC(=O)Nc1ccccc1C(C)C)S(C)(=O)=O. The van der Waals surface area contributed by atoms with Gasteiger partial charge in [0.1, 0.15) is 0 Å². The van der Waals surface area contributed by atoms with E-state index in [1.807, 2.05) is 24.3 Å². The van der Waals surface area contributed by atoms with E-state index in [9.17, 15) is 13.2 Å². The normalized spacial score (nSPS) is 12.2. The summed E-state index contributed by atoms with van der Waals surface area (Å²) in [5.41, 5.74) is 1.87. The second kappa shape index (κ2) is 9.18. The minimum atomic E-state index is -3.30. The van der Waals surface area contributed by atoms with Gasteiger partial charge in [-0.15, -0.1) is 0 Å². The van der Waals surface area contributed by atoms with Crippen molar-refractivity contribution in [2.24, 2.45) is 5.92 Å². The summed E-state index contributed by atoms with van der Waals surface area (Å²) in [7, 11) is -3.30. The Labute approximate surface area is 146 Å². The number of sulfonamides is 1. The maximum absolute atomic E-state index is 12.2. The first kappa shape index (κ1) is 20.6. The van der Waals surface area contributed by atoms with Gasteiger partial charge in [0.15, 0.2) is 0 Å². The number of amides is 1. The van der Waals surface area contributed by atoms with Crippen molar-refractivity contribution >= 4 is 21.6 Å². The largest absolute Gasteiger partial charge is 0.326 e. The summed E-state index contributed by atoms with van der Waals surface area (Å²) in [6, 6.07) is 7.70. The molecular formula is C18H30N2O3S. The average molecular weight is 355 g/mol. The molecule has 0 aliphatic rings. The van der Waals surface area contributed by atoms with E-state index >= 15 is 0 Å². The zero-order chi connectivity index (χ0) is 18.3. The van der Waals surface area contributed by atoms with Crippen LogP contribution in [0.5, 0.6) is 0 Å². The Morgan fingerprint density at radius 2 is 1.75 bits per heavy atom. The number of carbonyl (C=O) groups excluding carboxylic acids is 1. The van der Waals surface area contributed by atoms with Crippen molar-refractivity contribution in [2.75, 3.05) is 24.7 Å². The van der Waals surface area contributed by atoms with E-state index < -0.39 is 10.0 Å². The highest BCUT2D eigenvalue weighted by atomic mass is 32.2. The fourth-order valence-electron chi connectivity index (χ4n) is 2.40. The highest BCUT2D eigenvalue weighted by Crippen LogP contribution is 2.23. The summed E-state index contributed by atoms with van der Waals surface area (Å²) in [6.45, 7) is 8.91. The van der Waals surface area contributed by atoms with Crippen molar-refractivity contribution < 1.29 is 13.2 Å². The van der Waals surface area contributed by atoms with Crippen molar-refractivity contribution in [3.63, 3.8) is 0 Å². The first-order valence-electron chi connectivity index (χ1n) is 8.45. The van der Waals surface area contributed by atoms with E-state index in [-0.39, 0.29) is 18.9 Å². The minimum absolute atomic E-state index is 0.150. The van der Waals surface area contributed by atoms with Crippen LogP contribution in [-0.2, 0) is 14.8 Å². The van der Waals surface area contributed by atoms with Gasteiger partial charge in [-0.05, 0) is 29.9 Å². The van der Waals surface area contributed by atoms with Gasteiger partial charge in [-0.3, -0.25) is 4.79 Å². The fourth-order valence-corrected chi connectivity index (χ4v) is 3.26. The Bertz CT molecular complexity index is 639. The van der Waals surface area contributed by atoms with Gasteiger partial charge in [0.05, 0.1) is 6.26 Å². The van der Waals surface area contributed by atoms with Gasteiger partial charge in [0.25, 0.3) is 0 Å². The molecule has 0 spiro atoms. The Hall–Kier alpha value is -1.40. The summed E-state index contributed by atoms with van der Waals surface area (Å²) in [5.74, 6) is 0.558. The fraction of sp³-hybridized carbons (Fsp3) is 0.611. The highest BCUT2D eigenvalue weighted by molar-refractivity contribution is 7.88. The Morgan fingerprint density at radius 1 is 1.12 bits per heavy atom. The molecule has 5 nitrogen and oxygen atoms in total. The molecule has 1 rings (SSSR count). The number of hydrogen-bond acceptors (Lipinski definition) is 3. The van der Waals surface area contributed by atoms with Gasteiger partial charge >= 0.3 is 0 Å². The van der Waals surface area contributed by atoms with E-state index in [0.717, 1.165) is 17.7 Å². The maximum atomic E-state index is 12.2. The van der Waals surface area contributed by atoms with Gasteiger partial charge in [-0.2, -0.15) is 0 Å². The van der Waals surface area contributed by atoms with Crippen LogP contribution in [0.25, 0.3) is 0 Å². The van der Waals surface area contributed by atoms with Gasteiger partial charge in [0, 0.05) is 25.2 Å². The first-order chi connectivity index (χ1) is 11.1. The van der Waals surface area contributed by atoms with Gasteiger partial charge < -0.3 is 5.32 Å². The van der Waals surface area contributed by atoms with E-state index in [4.69, 9.17) is 0 Å². The second-order valence-electron chi connectivity index (χ2n) is 6.88. The van der Waals surface area contributed by atoms with Crippen LogP contribution in [0, 0.1) is 5.92 Å². The van der Waals surface area contributed by atoms with Crippen molar-refractivity contribution in [1.29, 1.82) is 0 Å². The number of para-hydroxylation sites is 1. The van der Waals surface area contributed by atoms with E-state index in [1.165, 1.54) is 10.6 Å². The Balaban J connectivity index is 2.67. The number of carbonyl (C=O) groups is 1. The average Bonchev–Trinajstić information content (AvgIpc) is 2.45. The standard InChI is InChI=1S/C18H30N2O3S/c1-14(2)10-12-20(24(5,22)23)13-11-18(21)19-17-9-7-6-8-16(17)15(3)4/h6-9,14-15H,10-13H2,1-5H3,(H,19,21). The van der Waals surface area contributed by atoms with Crippen LogP contribution in [0.2, 0.25) is 0 Å². The molecule has 1 aromatic carbocycles. The third kappa shape index (κ3) is 7.01. The van der Waals surface area contributed by atoms with Crippen LogP contribution in [-0.4, -0.2) is 38.0 Å². The minimum Gasteiger partial charge on any atom is -0.326 e. The molecule has 0 saturated carbocycles. The number of hydrogen-bond donors (Lipinski definition) is 1. The molecule has 1 aromatic rings. The molecule has 1 amide bonds. The topological polar surface area (TPSA) is 66.5 Å². The Kier molecular flexibility index (Phi) is 7.90. The lowest BCUT2D eigenvalue weighted by molar-refractivity contribution is -0.116. The molecule has 1 N–H and O–H groups in total. The van der Waals surface area contributed by atoms with Crippen LogP contribution < -0.4 is 5.32 Å². The molecule has 0 aliphatic heterocycles. The number of anilines is 1. The lowest BCUT2D eigenvalue weighted by Gasteiger charge is -2.21. The lowest BCUT2D eigenvalue weighted by Crippen LogP contribution is -2.34. The van der Waals surface area contributed by atoms with Crippen molar-refractivity contribution in [3.8, 4) is 0 Å². The molecule has 0 unspecified atom stereocenters. The lowest BCUT2D eigenvalue weighted by atomic mass is 10.0. The van der Waals surface area contributed by atoms with Crippen molar-refractivity contribution in [3.05, 3.63) is 29.8 Å². The van der Waals surface area contributed by atoms with Gasteiger partial charge in [0.2, 0.25) is 15.9 Å². The molecule has 0 aliphatic carbocycles.